The van der Waals surface area contributed by atoms with Crippen LogP contribution in [0.15, 0.2) is 30.3 Å². The molecule has 0 bridgehead atoms. The Morgan fingerprint density at radius 1 is 1.13 bits per heavy atom. The number of ketones is 2. The standard InChI is InChI=1S/C13H14O2/c1-9-12(14)8-7-11(13(9)15)10-5-3-2-4-6-10/h2-6,9,11H,7-8H2,1H3. The summed E-state index contributed by atoms with van der Waals surface area (Å²) in [5, 5.41) is 0. The zero-order valence-corrected chi connectivity index (χ0v) is 8.77. The number of carbonyl (C=O) groups is 2. The first kappa shape index (κ1) is 10.1. The van der Waals surface area contributed by atoms with Crippen LogP contribution < -0.4 is 0 Å². The van der Waals surface area contributed by atoms with Gasteiger partial charge in [0.25, 0.3) is 0 Å². The molecule has 15 heavy (non-hydrogen) atoms. The Morgan fingerprint density at radius 2 is 1.80 bits per heavy atom. The van der Waals surface area contributed by atoms with E-state index in [9.17, 15) is 9.59 Å². The molecule has 1 fully saturated rings. The van der Waals surface area contributed by atoms with Gasteiger partial charge in [0.1, 0.15) is 11.6 Å². The van der Waals surface area contributed by atoms with Gasteiger partial charge in [0, 0.05) is 12.3 Å². The van der Waals surface area contributed by atoms with E-state index in [1.165, 1.54) is 0 Å². The molecule has 1 aromatic carbocycles. The molecule has 0 spiro atoms. The lowest BCUT2D eigenvalue weighted by Crippen LogP contribution is -2.32. The molecule has 0 heterocycles. The molecular formula is C13H14O2. The lowest BCUT2D eigenvalue weighted by molar-refractivity contribution is -0.135. The van der Waals surface area contributed by atoms with E-state index in [0.29, 0.717) is 12.8 Å². The smallest absolute Gasteiger partial charge is 0.150 e. The van der Waals surface area contributed by atoms with E-state index in [4.69, 9.17) is 0 Å². The number of hydrogen-bond acceptors (Lipinski definition) is 2. The minimum Gasteiger partial charge on any atom is -0.299 e. The molecule has 0 N–H and O–H groups in total. The summed E-state index contributed by atoms with van der Waals surface area (Å²) in [5.74, 6) is -0.313. The van der Waals surface area contributed by atoms with Crippen LogP contribution in [-0.2, 0) is 9.59 Å². The van der Waals surface area contributed by atoms with E-state index in [2.05, 4.69) is 0 Å². The zero-order chi connectivity index (χ0) is 10.8. The first-order chi connectivity index (χ1) is 7.20. The molecule has 1 aliphatic rings. The van der Waals surface area contributed by atoms with Crippen molar-refractivity contribution in [2.24, 2.45) is 5.92 Å². The second kappa shape index (κ2) is 3.97. The van der Waals surface area contributed by atoms with E-state index >= 15 is 0 Å². The Bertz CT molecular complexity index is 381. The fourth-order valence-corrected chi connectivity index (χ4v) is 2.12. The minimum absolute atomic E-state index is 0.0705. The fourth-order valence-electron chi connectivity index (χ4n) is 2.12. The molecule has 2 nitrogen and oxygen atoms in total. The number of hydrogen-bond donors (Lipinski definition) is 0. The number of carbonyl (C=O) groups excluding carboxylic acids is 2. The van der Waals surface area contributed by atoms with Gasteiger partial charge in [0.2, 0.25) is 0 Å². The summed E-state index contributed by atoms with van der Waals surface area (Å²) in [6, 6.07) is 9.73. The maximum atomic E-state index is 11.9. The molecule has 0 saturated heterocycles. The van der Waals surface area contributed by atoms with Crippen molar-refractivity contribution in [1.82, 2.24) is 0 Å². The maximum Gasteiger partial charge on any atom is 0.150 e. The summed E-state index contributed by atoms with van der Waals surface area (Å²) in [4.78, 5) is 23.3. The molecule has 2 rings (SSSR count). The summed E-state index contributed by atoms with van der Waals surface area (Å²) < 4.78 is 0. The van der Waals surface area contributed by atoms with Gasteiger partial charge in [0.15, 0.2) is 0 Å². The van der Waals surface area contributed by atoms with Crippen molar-refractivity contribution in [3.05, 3.63) is 35.9 Å². The second-order valence-electron chi connectivity index (χ2n) is 4.09. The molecule has 1 saturated carbocycles. The van der Waals surface area contributed by atoms with Gasteiger partial charge >= 0.3 is 0 Å². The summed E-state index contributed by atoms with van der Waals surface area (Å²) in [5.41, 5.74) is 1.04. The summed E-state index contributed by atoms with van der Waals surface area (Å²) in [6.07, 6.45) is 1.21. The fraction of sp³-hybridized carbons (Fsp3) is 0.385. The van der Waals surface area contributed by atoms with Crippen LogP contribution in [0.4, 0.5) is 0 Å². The molecule has 2 unspecified atom stereocenters. The first-order valence-corrected chi connectivity index (χ1v) is 5.31. The van der Waals surface area contributed by atoms with Crippen molar-refractivity contribution in [3.8, 4) is 0 Å². The number of rotatable bonds is 1. The molecule has 0 aromatic heterocycles. The predicted octanol–water partition coefficient (Wildman–Crippen LogP) is 2.34. The molecule has 1 aliphatic carbocycles. The second-order valence-corrected chi connectivity index (χ2v) is 4.09. The van der Waals surface area contributed by atoms with Crippen molar-refractivity contribution in [3.63, 3.8) is 0 Å². The van der Waals surface area contributed by atoms with Gasteiger partial charge < -0.3 is 0 Å². The largest absolute Gasteiger partial charge is 0.299 e. The summed E-state index contributed by atoms with van der Waals surface area (Å²) in [7, 11) is 0. The number of benzene rings is 1. The highest BCUT2D eigenvalue weighted by atomic mass is 16.2. The molecule has 1 aromatic rings. The third-order valence-electron chi connectivity index (χ3n) is 3.13. The Hall–Kier alpha value is -1.44. The van der Waals surface area contributed by atoms with Crippen molar-refractivity contribution < 1.29 is 9.59 Å². The average Bonchev–Trinajstić information content (AvgIpc) is 2.27. The maximum absolute atomic E-state index is 11.9. The zero-order valence-electron chi connectivity index (χ0n) is 8.77. The Labute approximate surface area is 89.3 Å². The lowest BCUT2D eigenvalue weighted by atomic mass is 9.77. The topological polar surface area (TPSA) is 34.1 Å². The van der Waals surface area contributed by atoms with Gasteiger partial charge in [-0.05, 0) is 18.9 Å². The molecule has 78 valence electrons. The minimum atomic E-state index is -0.413. The third-order valence-corrected chi connectivity index (χ3v) is 3.13. The van der Waals surface area contributed by atoms with Crippen LogP contribution in [0.1, 0.15) is 31.2 Å². The van der Waals surface area contributed by atoms with Gasteiger partial charge in [-0.3, -0.25) is 9.59 Å². The van der Waals surface area contributed by atoms with Crippen LogP contribution in [0.2, 0.25) is 0 Å². The van der Waals surface area contributed by atoms with Crippen LogP contribution in [0.5, 0.6) is 0 Å². The van der Waals surface area contributed by atoms with Crippen LogP contribution in [0.3, 0.4) is 0 Å². The Kier molecular flexibility index (Phi) is 2.67. The molecule has 2 atom stereocenters. The average molecular weight is 202 g/mol. The quantitative estimate of drug-likeness (QED) is 0.655. The van der Waals surface area contributed by atoms with E-state index in [0.717, 1.165) is 5.56 Å². The predicted molar refractivity (Wildman–Crippen MR) is 57.6 cm³/mol. The van der Waals surface area contributed by atoms with Crippen LogP contribution in [0.25, 0.3) is 0 Å². The number of Topliss-reactive ketones (excluding diaryl/α,β-unsaturated/α-hetero) is 2. The highest BCUT2D eigenvalue weighted by Crippen LogP contribution is 2.30. The first-order valence-electron chi connectivity index (χ1n) is 5.31. The molecule has 0 aliphatic heterocycles. The Balaban J connectivity index is 2.25. The van der Waals surface area contributed by atoms with Gasteiger partial charge in [-0.2, -0.15) is 0 Å². The van der Waals surface area contributed by atoms with E-state index < -0.39 is 5.92 Å². The van der Waals surface area contributed by atoms with Crippen LogP contribution in [-0.4, -0.2) is 11.6 Å². The SMILES string of the molecule is CC1C(=O)CCC(c2ccccc2)C1=O. The van der Waals surface area contributed by atoms with Crippen LogP contribution >= 0.6 is 0 Å². The molecule has 2 heteroatoms. The Morgan fingerprint density at radius 3 is 2.47 bits per heavy atom. The monoisotopic (exact) mass is 202 g/mol. The van der Waals surface area contributed by atoms with E-state index in [1.807, 2.05) is 30.3 Å². The summed E-state index contributed by atoms with van der Waals surface area (Å²) >= 11 is 0. The normalized spacial score (nSPS) is 26.7. The van der Waals surface area contributed by atoms with Crippen molar-refractivity contribution in [2.45, 2.75) is 25.7 Å². The van der Waals surface area contributed by atoms with E-state index in [-0.39, 0.29) is 17.5 Å². The molecule has 0 radical (unpaired) electrons. The highest BCUT2D eigenvalue weighted by molar-refractivity contribution is 6.07. The van der Waals surface area contributed by atoms with Gasteiger partial charge in [-0.15, -0.1) is 0 Å². The van der Waals surface area contributed by atoms with Crippen LogP contribution in [0, 0.1) is 5.92 Å². The van der Waals surface area contributed by atoms with Crippen molar-refractivity contribution >= 4 is 11.6 Å². The lowest BCUT2D eigenvalue weighted by Gasteiger charge is -2.24. The van der Waals surface area contributed by atoms with E-state index in [1.54, 1.807) is 6.92 Å². The third kappa shape index (κ3) is 1.84. The van der Waals surface area contributed by atoms with Gasteiger partial charge in [-0.1, -0.05) is 30.3 Å². The molecule has 0 amide bonds. The van der Waals surface area contributed by atoms with Gasteiger partial charge in [0.05, 0.1) is 5.92 Å². The van der Waals surface area contributed by atoms with Crippen molar-refractivity contribution in [2.75, 3.05) is 0 Å². The van der Waals surface area contributed by atoms with Gasteiger partial charge in [-0.25, -0.2) is 0 Å². The highest BCUT2D eigenvalue weighted by Gasteiger charge is 2.34. The molecular weight excluding hydrogens is 188 g/mol. The van der Waals surface area contributed by atoms with Crippen molar-refractivity contribution in [1.29, 1.82) is 0 Å². The summed E-state index contributed by atoms with van der Waals surface area (Å²) in [6.45, 7) is 1.72.